The number of nitrogens with two attached hydrogens (primary N) is 1. The van der Waals surface area contributed by atoms with E-state index in [0.717, 1.165) is 32.0 Å². The molecule has 2 N–H and O–H groups in total. The van der Waals surface area contributed by atoms with Crippen LogP contribution in [-0.4, -0.2) is 33.0 Å². The van der Waals surface area contributed by atoms with Crippen molar-refractivity contribution >= 4 is 5.69 Å². The molecular formula is C13H19NO3. The maximum atomic E-state index is 5.65. The number of nitrogen functional groups attached to an aromatic ring is 1. The lowest BCUT2D eigenvalue weighted by atomic mass is 10.1. The fourth-order valence-corrected chi connectivity index (χ4v) is 1.79. The van der Waals surface area contributed by atoms with Gasteiger partial charge in [0.2, 0.25) is 0 Å². The van der Waals surface area contributed by atoms with E-state index in [1.165, 1.54) is 0 Å². The Morgan fingerprint density at radius 2 is 2.29 bits per heavy atom. The quantitative estimate of drug-likeness (QED) is 0.604. The van der Waals surface area contributed by atoms with Gasteiger partial charge in [-0.1, -0.05) is 6.07 Å². The van der Waals surface area contributed by atoms with Crippen LogP contribution < -0.4 is 10.5 Å². The number of hydrogen-bond donors (Lipinski definition) is 1. The van der Waals surface area contributed by atoms with Crippen LogP contribution in [0.4, 0.5) is 5.69 Å². The number of hydrogen-bond acceptors (Lipinski definition) is 4. The molecule has 0 radical (unpaired) electrons. The van der Waals surface area contributed by atoms with Crippen LogP contribution >= 0.6 is 0 Å². The average molecular weight is 237 g/mol. The Bertz CT molecular complexity index is 337. The topological polar surface area (TPSA) is 53.7 Å². The molecule has 0 bridgehead atoms. The van der Waals surface area contributed by atoms with E-state index in [1.54, 1.807) is 0 Å². The van der Waals surface area contributed by atoms with E-state index in [1.807, 2.05) is 24.3 Å². The van der Waals surface area contributed by atoms with Gasteiger partial charge in [0.05, 0.1) is 19.8 Å². The van der Waals surface area contributed by atoms with Gasteiger partial charge in [0, 0.05) is 24.3 Å². The molecule has 4 heteroatoms. The van der Waals surface area contributed by atoms with Crippen LogP contribution in [0.3, 0.4) is 0 Å². The van der Waals surface area contributed by atoms with E-state index in [9.17, 15) is 0 Å². The summed E-state index contributed by atoms with van der Waals surface area (Å²) < 4.78 is 16.3. The highest BCUT2D eigenvalue weighted by Gasteiger charge is 2.15. The zero-order chi connectivity index (χ0) is 11.9. The van der Waals surface area contributed by atoms with Crippen molar-refractivity contribution in [3.63, 3.8) is 0 Å². The van der Waals surface area contributed by atoms with Gasteiger partial charge in [0.25, 0.3) is 0 Å². The van der Waals surface area contributed by atoms with E-state index >= 15 is 0 Å². The summed E-state index contributed by atoms with van der Waals surface area (Å²) in [7, 11) is 0. The Morgan fingerprint density at radius 1 is 1.35 bits per heavy atom. The molecule has 1 atom stereocenters. The Morgan fingerprint density at radius 3 is 3.06 bits per heavy atom. The normalized spacial score (nSPS) is 19.4. The molecule has 4 nitrogen and oxygen atoms in total. The molecule has 1 heterocycles. The van der Waals surface area contributed by atoms with Crippen LogP contribution in [0.1, 0.15) is 6.42 Å². The molecule has 17 heavy (non-hydrogen) atoms. The lowest BCUT2D eigenvalue weighted by Crippen LogP contribution is -2.13. The zero-order valence-corrected chi connectivity index (χ0v) is 9.93. The monoisotopic (exact) mass is 237 g/mol. The van der Waals surface area contributed by atoms with E-state index < -0.39 is 0 Å². The molecule has 1 aromatic rings. The smallest absolute Gasteiger partial charge is 0.121 e. The van der Waals surface area contributed by atoms with Gasteiger partial charge in [0.15, 0.2) is 0 Å². The van der Waals surface area contributed by atoms with Crippen molar-refractivity contribution in [2.45, 2.75) is 6.42 Å². The summed E-state index contributed by atoms with van der Waals surface area (Å²) in [5.41, 5.74) is 6.36. The third-order valence-corrected chi connectivity index (χ3v) is 2.73. The van der Waals surface area contributed by atoms with Crippen molar-refractivity contribution in [2.24, 2.45) is 5.92 Å². The van der Waals surface area contributed by atoms with Crippen LogP contribution in [0.25, 0.3) is 0 Å². The zero-order valence-electron chi connectivity index (χ0n) is 9.93. The Balaban J connectivity index is 1.56. The van der Waals surface area contributed by atoms with Gasteiger partial charge >= 0.3 is 0 Å². The van der Waals surface area contributed by atoms with Crippen LogP contribution in [0.15, 0.2) is 24.3 Å². The van der Waals surface area contributed by atoms with Crippen LogP contribution in [0.5, 0.6) is 5.75 Å². The van der Waals surface area contributed by atoms with Crippen molar-refractivity contribution in [3.05, 3.63) is 24.3 Å². The number of anilines is 1. The van der Waals surface area contributed by atoms with Crippen molar-refractivity contribution in [1.29, 1.82) is 0 Å². The highest BCUT2D eigenvalue weighted by Crippen LogP contribution is 2.14. The van der Waals surface area contributed by atoms with Crippen LogP contribution in [-0.2, 0) is 9.47 Å². The van der Waals surface area contributed by atoms with Gasteiger partial charge in [-0.05, 0) is 18.6 Å². The summed E-state index contributed by atoms with van der Waals surface area (Å²) in [5.74, 6) is 1.35. The third-order valence-electron chi connectivity index (χ3n) is 2.73. The molecule has 1 saturated heterocycles. The summed E-state index contributed by atoms with van der Waals surface area (Å²) in [5, 5.41) is 0. The average Bonchev–Trinajstić information content (AvgIpc) is 2.82. The molecule has 1 aliphatic heterocycles. The Kier molecular flexibility index (Phi) is 4.64. The van der Waals surface area contributed by atoms with Gasteiger partial charge in [-0.2, -0.15) is 0 Å². The highest BCUT2D eigenvalue weighted by atomic mass is 16.5. The minimum absolute atomic E-state index is 0.553. The fraction of sp³-hybridized carbons (Fsp3) is 0.538. The molecule has 0 aromatic heterocycles. The predicted octanol–water partition coefficient (Wildman–Crippen LogP) is 1.70. The second kappa shape index (κ2) is 6.47. The first-order chi connectivity index (χ1) is 8.34. The van der Waals surface area contributed by atoms with Crippen LogP contribution in [0, 0.1) is 5.92 Å². The summed E-state index contributed by atoms with van der Waals surface area (Å²) in [6.45, 7) is 3.62. The molecule has 1 unspecified atom stereocenters. The molecule has 2 rings (SSSR count). The molecule has 0 saturated carbocycles. The van der Waals surface area contributed by atoms with E-state index in [4.69, 9.17) is 19.9 Å². The minimum Gasteiger partial charge on any atom is -0.491 e. The van der Waals surface area contributed by atoms with Crippen LogP contribution in [0.2, 0.25) is 0 Å². The van der Waals surface area contributed by atoms with Crippen molar-refractivity contribution in [3.8, 4) is 5.75 Å². The van der Waals surface area contributed by atoms with Gasteiger partial charge in [-0.3, -0.25) is 0 Å². The molecular weight excluding hydrogens is 218 g/mol. The molecule has 0 aliphatic carbocycles. The van der Waals surface area contributed by atoms with Crippen molar-refractivity contribution < 1.29 is 14.2 Å². The summed E-state index contributed by atoms with van der Waals surface area (Å²) >= 11 is 0. The second-order valence-corrected chi connectivity index (χ2v) is 4.23. The number of benzene rings is 1. The maximum absolute atomic E-state index is 5.65. The summed E-state index contributed by atoms with van der Waals surface area (Å²) in [6.07, 6.45) is 1.11. The maximum Gasteiger partial charge on any atom is 0.121 e. The van der Waals surface area contributed by atoms with Gasteiger partial charge in [-0.15, -0.1) is 0 Å². The standard InChI is InChI=1S/C13H19NO3/c14-12-2-1-3-13(8-12)17-7-6-16-10-11-4-5-15-9-11/h1-3,8,11H,4-7,9-10,14H2. The Hall–Kier alpha value is -1.26. The fourth-order valence-electron chi connectivity index (χ4n) is 1.79. The van der Waals surface area contributed by atoms with E-state index in [2.05, 4.69) is 0 Å². The summed E-state index contributed by atoms with van der Waals surface area (Å²) in [4.78, 5) is 0. The van der Waals surface area contributed by atoms with Gasteiger partial charge in [-0.25, -0.2) is 0 Å². The number of rotatable bonds is 6. The second-order valence-electron chi connectivity index (χ2n) is 4.23. The largest absolute Gasteiger partial charge is 0.491 e. The highest BCUT2D eigenvalue weighted by molar-refractivity contribution is 5.43. The van der Waals surface area contributed by atoms with Crippen molar-refractivity contribution in [2.75, 3.05) is 38.8 Å². The lowest BCUT2D eigenvalue weighted by Gasteiger charge is -2.10. The molecule has 1 fully saturated rings. The Labute approximate surface area is 102 Å². The molecule has 1 aromatic carbocycles. The predicted molar refractivity (Wildman–Crippen MR) is 66.1 cm³/mol. The first-order valence-electron chi connectivity index (χ1n) is 5.98. The first kappa shape index (κ1) is 12.2. The van der Waals surface area contributed by atoms with E-state index in [-0.39, 0.29) is 0 Å². The third kappa shape index (κ3) is 4.24. The SMILES string of the molecule is Nc1cccc(OCCOCC2CCOC2)c1. The molecule has 1 aliphatic rings. The lowest BCUT2D eigenvalue weighted by molar-refractivity contribution is 0.0684. The molecule has 0 spiro atoms. The van der Waals surface area contributed by atoms with Gasteiger partial charge in [0.1, 0.15) is 12.4 Å². The first-order valence-corrected chi connectivity index (χ1v) is 5.98. The minimum atomic E-state index is 0.553. The number of ether oxygens (including phenoxy) is 3. The summed E-state index contributed by atoms with van der Waals surface area (Å²) in [6, 6.07) is 7.41. The molecule has 0 amide bonds. The molecule has 94 valence electrons. The van der Waals surface area contributed by atoms with Gasteiger partial charge < -0.3 is 19.9 Å². The van der Waals surface area contributed by atoms with Crippen molar-refractivity contribution in [1.82, 2.24) is 0 Å². The van der Waals surface area contributed by atoms with E-state index in [0.29, 0.717) is 24.8 Å².